The predicted octanol–water partition coefficient (Wildman–Crippen LogP) is 0.149. The number of nitrogens with two attached hydrogens (primary N) is 1. The van der Waals surface area contributed by atoms with Gasteiger partial charge in [0, 0.05) is 18.6 Å². The zero-order valence-corrected chi connectivity index (χ0v) is 9.10. The summed E-state index contributed by atoms with van der Waals surface area (Å²) in [5.41, 5.74) is 5.42. The Morgan fingerprint density at radius 2 is 2.00 bits per heavy atom. The van der Waals surface area contributed by atoms with E-state index in [9.17, 15) is 8.42 Å². The fourth-order valence-corrected chi connectivity index (χ4v) is 3.31. The van der Waals surface area contributed by atoms with Crippen molar-refractivity contribution in [2.45, 2.75) is 32.2 Å². The van der Waals surface area contributed by atoms with E-state index in [0.717, 1.165) is 12.8 Å². The van der Waals surface area contributed by atoms with Crippen LogP contribution in [0.2, 0.25) is 0 Å². The topological polar surface area (TPSA) is 63.4 Å². The predicted molar refractivity (Wildman–Crippen MR) is 52.9 cm³/mol. The van der Waals surface area contributed by atoms with Crippen molar-refractivity contribution in [2.24, 2.45) is 5.73 Å². The second kappa shape index (κ2) is 3.55. The molecule has 1 heterocycles. The summed E-state index contributed by atoms with van der Waals surface area (Å²) in [4.78, 5) is 0. The van der Waals surface area contributed by atoms with Crippen LogP contribution in [0.15, 0.2) is 0 Å². The van der Waals surface area contributed by atoms with Gasteiger partial charge in [-0.05, 0) is 13.3 Å². The molecule has 0 aromatic heterocycles. The van der Waals surface area contributed by atoms with Crippen LogP contribution in [0.3, 0.4) is 0 Å². The molecule has 0 saturated carbocycles. The second-order valence-corrected chi connectivity index (χ2v) is 6.18. The number of hydrogen-bond acceptors (Lipinski definition) is 3. The van der Waals surface area contributed by atoms with Gasteiger partial charge in [-0.2, -0.15) is 4.31 Å². The van der Waals surface area contributed by atoms with Crippen LogP contribution in [0.5, 0.6) is 0 Å². The van der Waals surface area contributed by atoms with Crippen molar-refractivity contribution in [2.75, 3.05) is 18.8 Å². The van der Waals surface area contributed by atoms with E-state index in [1.807, 2.05) is 13.8 Å². The van der Waals surface area contributed by atoms with Crippen molar-refractivity contribution in [3.8, 4) is 0 Å². The van der Waals surface area contributed by atoms with Gasteiger partial charge in [-0.1, -0.05) is 13.3 Å². The van der Waals surface area contributed by atoms with E-state index in [0.29, 0.717) is 13.1 Å². The van der Waals surface area contributed by atoms with Crippen molar-refractivity contribution in [1.29, 1.82) is 0 Å². The summed E-state index contributed by atoms with van der Waals surface area (Å²) in [6, 6.07) is 0. The highest BCUT2D eigenvalue weighted by atomic mass is 32.2. The van der Waals surface area contributed by atoms with Crippen molar-refractivity contribution < 1.29 is 8.42 Å². The van der Waals surface area contributed by atoms with Crippen molar-refractivity contribution in [3.63, 3.8) is 0 Å². The van der Waals surface area contributed by atoms with E-state index < -0.39 is 10.0 Å². The highest BCUT2D eigenvalue weighted by Gasteiger charge is 2.41. The lowest BCUT2D eigenvalue weighted by molar-refractivity contribution is 0.176. The molecule has 0 atom stereocenters. The summed E-state index contributed by atoms with van der Waals surface area (Å²) in [6.07, 6.45) is 1.65. The Bertz CT molecular complexity index is 264. The molecule has 0 bridgehead atoms. The van der Waals surface area contributed by atoms with Gasteiger partial charge in [0.2, 0.25) is 10.0 Å². The first kappa shape index (κ1) is 10.9. The number of sulfonamides is 1. The maximum atomic E-state index is 11.5. The summed E-state index contributed by atoms with van der Waals surface area (Å²) in [7, 11) is -3.00. The standard InChI is InChI=1S/C8H18N2O2S/c1-3-4-5-13(11,12)10-6-8(2,9)7-10/h3-7,9H2,1-2H3. The molecule has 78 valence electrons. The first-order valence-electron chi connectivity index (χ1n) is 4.64. The van der Waals surface area contributed by atoms with Crippen molar-refractivity contribution in [1.82, 2.24) is 4.31 Å². The van der Waals surface area contributed by atoms with Crippen molar-refractivity contribution in [3.05, 3.63) is 0 Å². The molecule has 1 saturated heterocycles. The van der Waals surface area contributed by atoms with Gasteiger partial charge in [-0.25, -0.2) is 8.42 Å². The molecule has 0 aromatic rings. The largest absolute Gasteiger partial charge is 0.323 e. The molecule has 1 aliphatic rings. The van der Waals surface area contributed by atoms with E-state index >= 15 is 0 Å². The van der Waals surface area contributed by atoms with Gasteiger partial charge in [-0.15, -0.1) is 0 Å². The van der Waals surface area contributed by atoms with E-state index in [2.05, 4.69) is 0 Å². The van der Waals surface area contributed by atoms with E-state index in [1.54, 1.807) is 0 Å². The molecule has 1 rings (SSSR count). The fourth-order valence-electron chi connectivity index (χ4n) is 1.41. The van der Waals surface area contributed by atoms with Crippen LogP contribution in [0.25, 0.3) is 0 Å². The van der Waals surface area contributed by atoms with Gasteiger partial charge in [-0.3, -0.25) is 0 Å². The number of nitrogens with zero attached hydrogens (tertiary/aromatic N) is 1. The first-order valence-corrected chi connectivity index (χ1v) is 6.25. The summed E-state index contributed by atoms with van der Waals surface area (Å²) < 4.78 is 24.5. The Hall–Kier alpha value is -0.130. The minimum absolute atomic E-state index is 0.263. The molecule has 13 heavy (non-hydrogen) atoms. The lowest BCUT2D eigenvalue weighted by Gasteiger charge is -2.44. The van der Waals surface area contributed by atoms with Crippen molar-refractivity contribution >= 4 is 10.0 Å². The second-order valence-electron chi connectivity index (χ2n) is 4.09. The maximum absolute atomic E-state index is 11.5. The Balaban J connectivity index is 2.45. The Labute approximate surface area is 80.1 Å². The average molecular weight is 206 g/mol. The molecule has 2 N–H and O–H groups in total. The molecular formula is C8H18N2O2S. The number of unbranched alkanes of at least 4 members (excludes halogenated alkanes) is 1. The quantitative estimate of drug-likeness (QED) is 0.712. The molecule has 0 spiro atoms. The van der Waals surface area contributed by atoms with E-state index in [1.165, 1.54) is 4.31 Å². The Morgan fingerprint density at radius 3 is 2.38 bits per heavy atom. The molecule has 5 heteroatoms. The minimum atomic E-state index is -3.00. The molecule has 1 aliphatic heterocycles. The van der Waals surface area contributed by atoms with Crippen LogP contribution in [0, 0.1) is 0 Å². The SMILES string of the molecule is CCCCS(=O)(=O)N1CC(C)(N)C1. The smallest absolute Gasteiger partial charge is 0.214 e. The zero-order valence-electron chi connectivity index (χ0n) is 8.28. The average Bonchev–Trinajstić information content (AvgIpc) is 1.96. The highest BCUT2D eigenvalue weighted by Crippen LogP contribution is 2.21. The van der Waals surface area contributed by atoms with Gasteiger partial charge >= 0.3 is 0 Å². The molecule has 0 radical (unpaired) electrons. The van der Waals surface area contributed by atoms with Gasteiger partial charge in [0.25, 0.3) is 0 Å². The number of rotatable bonds is 4. The monoisotopic (exact) mass is 206 g/mol. The fraction of sp³-hybridized carbons (Fsp3) is 1.00. The molecule has 4 nitrogen and oxygen atoms in total. The highest BCUT2D eigenvalue weighted by molar-refractivity contribution is 7.89. The normalized spacial score (nSPS) is 22.7. The first-order chi connectivity index (χ1) is 5.87. The van der Waals surface area contributed by atoms with Crippen LogP contribution < -0.4 is 5.73 Å². The third kappa shape index (κ3) is 2.65. The third-order valence-electron chi connectivity index (χ3n) is 2.22. The molecule has 0 aromatic carbocycles. The van der Waals surface area contributed by atoms with Gasteiger partial charge < -0.3 is 5.73 Å². The maximum Gasteiger partial charge on any atom is 0.214 e. The Kier molecular flexibility index (Phi) is 2.99. The molecule has 0 aliphatic carbocycles. The Morgan fingerprint density at radius 1 is 1.46 bits per heavy atom. The molecule has 0 amide bonds. The summed E-state index contributed by atoms with van der Waals surface area (Å²) >= 11 is 0. The van der Waals surface area contributed by atoms with Gasteiger partial charge in [0.15, 0.2) is 0 Å². The van der Waals surface area contributed by atoms with E-state index in [4.69, 9.17) is 5.73 Å². The van der Waals surface area contributed by atoms with E-state index in [-0.39, 0.29) is 11.3 Å². The van der Waals surface area contributed by atoms with Crippen LogP contribution in [0.4, 0.5) is 0 Å². The third-order valence-corrected chi connectivity index (χ3v) is 4.07. The molecular weight excluding hydrogens is 188 g/mol. The van der Waals surface area contributed by atoms with Gasteiger partial charge in [0.1, 0.15) is 0 Å². The summed E-state index contributed by atoms with van der Waals surface area (Å²) in [6.45, 7) is 4.80. The summed E-state index contributed by atoms with van der Waals surface area (Å²) in [5.74, 6) is 0.263. The van der Waals surface area contributed by atoms with Crippen LogP contribution in [-0.4, -0.2) is 37.1 Å². The van der Waals surface area contributed by atoms with Crippen LogP contribution >= 0.6 is 0 Å². The minimum Gasteiger partial charge on any atom is -0.323 e. The van der Waals surface area contributed by atoms with Crippen LogP contribution in [0.1, 0.15) is 26.7 Å². The molecule has 0 unspecified atom stereocenters. The zero-order chi connectivity index (χ0) is 10.1. The van der Waals surface area contributed by atoms with Crippen LogP contribution in [-0.2, 0) is 10.0 Å². The summed E-state index contributed by atoms with van der Waals surface area (Å²) in [5, 5.41) is 0. The number of hydrogen-bond donors (Lipinski definition) is 1. The molecule has 1 fully saturated rings. The lowest BCUT2D eigenvalue weighted by atomic mass is 9.97. The lowest BCUT2D eigenvalue weighted by Crippen LogP contribution is -2.66. The van der Waals surface area contributed by atoms with Gasteiger partial charge in [0.05, 0.1) is 5.75 Å².